The summed E-state index contributed by atoms with van der Waals surface area (Å²) in [4.78, 5) is 3.92. The van der Waals surface area contributed by atoms with Crippen LogP contribution in [0.25, 0.3) is 0 Å². The molecule has 3 heteroatoms. The number of nitrogens with zero attached hydrogens (tertiary/aromatic N) is 1. The molecule has 1 aromatic heterocycles. The maximum atomic E-state index is 9.14. The maximum Gasteiger partial charge on any atom is 0.108 e. The Morgan fingerprint density at radius 2 is 2.40 bits per heavy atom. The fourth-order valence-corrected chi connectivity index (χ4v) is 0.694. The van der Waals surface area contributed by atoms with Gasteiger partial charge in [-0.25, -0.2) is 0 Å². The van der Waals surface area contributed by atoms with E-state index < -0.39 is 6.10 Å². The van der Waals surface area contributed by atoms with Gasteiger partial charge in [0.25, 0.3) is 0 Å². The molecule has 1 aromatic rings. The number of hydrogen-bond acceptors (Lipinski definition) is 3. The van der Waals surface area contributed by atoms with Gasteiger partial charge in [-0.15, -0.1) is 0 Å². The lowest BCUT2D eigenvalue weighted by Crippen LogP contribution is -2.12. The molecule has 3 nitrogen and oxygen atoms in total. The van der Waals surface area contributed by atoms with E-state index in [9.17, 15) is 0 Å². The van der Waals surface area contributed by atoms with Crippen molar-refractivity contribution in [3.05, 3.63) is 30.1 Å². The van der Waals surface area contributed by atoms with Gasteiger partial charge in [0, 0.05) is 12.7 Å². The Labute approximate surface area is 59.5 Å². The smallest absolute Gasteiger partial charge is 0.108 e. The molecule has 0 aliphatic carbocycles. The second kappa shape index (κ2) is 3.29. The lowest BCUT2D eigenvalue weighted by Gasteiger charge is -2.04. The molecule has 0 unspecified atom stereocenters. The third-order valence-corrected chi connectivity index (χ3v) is 1.25. The van der Waals surface area contributed by atoms with Crippen LogP contribution in [0, 0.1) is 0 Å². The molecule has 0 saturated carbocycles. The molecule has 0 aromatic carbocycles. The summed E-state index contributed by atoms with van der Waals surface area (Å²) in [6.07, 6.45) is 1.01. The number of hydrogen-bond donors (Lipinski definition) is 2. The summed E-state index contributed by atoms with van der Waals surface area (Å²) < 4.78 is 0. The second-order valence-electron chi connectivity index (χ2n) is 2.01. The van der Waals surface area contributed by atoms with E-state index in [1.54, 1.807) is 18.3 Å². The summed E-state index contributed by atoms with van der Waals surface area (Å²) >= 11 is 0. The van der Waals surface area contributed by atoms with Gasteiger partial charge in [-0.1, -0.05) is 6.07 Å². The minimum atomic E-state index is -0.624. The van der Waals surface area contributed by atoms with Crippen molar-refractivity contribution < 1.29 is 5.11 Å². The highest BCUT2D eigenvalue weighted by molar-refractivity contribution is 5.06. The van der Waals surface area contributed by atoms with Crippen molar-refractivity contribution in [3.8, 4) is 0 Å². The van der Waals surface area contributed by atoms with Crippen molar-refractivity contribution in [2.24, 2.45) is 5.73 Å². The molecule has 0 amide bonds. The van der Waals surface area contributed by atoms with Crippen LogP contribution in [0.1, 0.15) is 11.8 Å². The van der Waals surface area contributed by atoms with Crippen LogP contribution in [0.5, 0.6) is 0 Å². The van der Waals surface area contributed by atoms with E-state index in [0.717, 1.165) is 0 Å². The zero-order valence-electron chi connectivity index (χ0n) is 5.57. The van der Waals surface area contributed by atoms with Crippen LogP contribution in [0.4, 0.5) is 0 Å². The standard InChI is InChI=1S/C7H10N2O/c8-5-7(10)6-3-1-2-4-9-6/h1-4,7,10H,5,8H2/t7-/m0/s1. The van der Waals surface area contributed by atoms with Crippen molar-refractivity contribution >= 4 is 0 Å². The summed E-state index contributed by atoms with van der Waals surface area (Å²) in [5, 5.41) is 9.14. The quantitative estimate of drug-likeness (QED) is 0.608. The highest BCUT2D eigenvalue weighted by Crippen LogP contribution is 2.05. The molecule has 10 heavy (non-hydrogen) atoms. The lowest BCUT2D eigenvalue weighted by molar-refractivity contribution is 0.182. The monoisotopic (exact) mass is 138 g/mol. The van der Waals surface area contributed by atoms with Crippen molar-refractivity contribution in [3.63, 3.8) is 0 Å². The summed E-state index contributed by atoms with van der Waals surface area (Å²) in [6, 6.07) is 5.37. The Morgan fingerprint density at radius 3 is 2.90 bits per heavy atom. The van der Waals surface area contributed by atoms with Gasteiger partial charge in [-0.05, 0) is 12.1 Å². The fraction of sp³-hybridized carbons (Fsp3) is 0.286. The number of aliphatic hydroxyl groups is 1. The molecule has 1 atom stereocenters. The zero-order valence-corrected chi connectivity index (χ0v) is 5.57. The first-order chi connectivity index (χ1) is 4.84. The Balaban J connectivity index is 2.75. The highest BCUT2D eigenvalue weighted by atomic mass is 16.3. The van der Waals surface area contributed by atoms with E-state index in [1.165, 1.54) is 0 Å². The van der Waals surface area contributed by atoms with Gasteiger partial charge in [0.05, 0.1) is 5.69 Å². The van der Waals surface area contributed by atoms with Gasteiger partial charge in [0.15, 0.2) is 0 Å². The average Bonchev–Trinajstić information content (AvgIpc) is 2.05. The first-order valence-corrected chi connectivity index (χ1v) is 3.13. The van der Waals surface area contributed by atoms with Crippen LogP contribution in [0.3, 0.4) is 0 Å². The molecule has 0 bridgehead atoms. The van der Waals surface area contributed by atoms with Gasteiger partial charge in [0.2, 0.25) is 0 Å². The van der Waals surface area contributed by atoms with Crippen molar-refractivity contribution in [2.45, 2.75) is 6.10 Å². The van der Waals surface area contributed by atoms with Gasteiger partial charge >= 0.3 is 0 Å². The number of rotatable bonds is 2. The van der Waals surface area contributed by atoms with E-state index in [-0.39, 0.29) is 6.54 Å². The van der Waals surface area contributed by atoms with E-state index in [4.69, 9.17) is 10.8 Å². The van der Waals surface area contributed by atoms with Gasteiger partial charge in [-0.3, -0.25) is 4.98 Å². The second-order valence-corrected chi connectivity index (χ2v) is 2.01. The molecule has 54 valence electrons. The van der Waals surface area contributed by atoms with Crippen LogP contribution < -0.4 is 5.73 Å². The molecule has 3 N–H and O–H groups in total. The molecular weight excluding hydrogens is 128 g/mol. The molecule has 0 aliphatic rings. The first kappa shape index (κ1) is 7.18. The summed E-state index contributed by atoms with van der Waals surface area (Å²) in [7, 11) is 0. The van der Waals surface area contributed by atoms with E-state index in [2.05, 4.69) is 4.98 Å². The third-order valence-electron chi connectivity index (χ3n) is 1.25. The molecule has 0 aliphatic heterocycles. The highest BCUT2D eigenvalue weighted by Gasteiger charge is 2.03. The molecule has 0 spiro atoms. The van der Waals surface area contributed by atoms with Crippen LogP contribution in [-0.4, -0.2) is 16.6 Å². The third kappa shape index (κ3) is 1.52. The zero-order chi connectivity index (χ0) is 7.40. The van der Waals surface area contributed by atoms with E-state index in [0.29, 0.717) is 5.69 Å². The largest absolute Gasteiger partial charge is 0.385 e. The SMILES string of the molecule is NC[C@H](O)c1ccccn1. The number of aromatic nitrogens is 1. The van der Waals surface area contributed by atoms with Gasteiger partial charge in [0.1, 0.15) is 6.10 Å². The predicted molar refractivity (Wildman–Crippen MR) is 38.3 cm³/mol. The Hall–Kier alpha value is -0.930. The van der Waals surface area contributed by atoms with E-state index >= 15 is 0 Å². The number of pyridine rings is 1. The summed E-state index contributed by atoms with van der Waals surface area (Å²) in [5.41, 5.74) is 5.84. The van der Waals surface area contributed by atoms with Crippen molar-refractivity contribution in [1.29, 1.82) is 0 Å². The molecule has 1 heterocycles. The van der Waals surface area contributed by atoms with E-state index in [1.807, 2.05) is 6.07 Å². The molecule has 0 fully saturated rings. The predicted octanol–water partition coefficient (Wildman–Crippen LogP) is 0.0737. The van der Waals surface area contributed by atoms with Gasteiger partial charge < -0.3 is 10.8 Å². The van der Waals surface area contributed by atoms with Crippen molar-refractivity contribution in [1.82, 2.24) is 4.98 Å². The normalized spacial score (nSPS) is 13.0. The van der Waals surface area contributed by atoms with Crippen molar-refractivity contribution in [2.75, 3.05) is 6.54 Å². The average molecular weight is 138 g/mol. The van der Waals surface area contributed by atoms with Crippen LogP contribution >= 0.6 is 0 Å². The minimum Gasteiger partial charge on any atom is -0.385 e. The number of aliphatic hydroxyl groups excluding tert-OH is 1. The van der Waals surface area contributed by atoms with Crippen LogP contribution in [0.15, 0.2) is 24.4 Å². The van der Waals surface area contributed by atoms with Gasteiger partial charge in [-0.2, -0.15) is 0 Å². The fourth-order valence-electron chi connectivity index (χ4n) is 0.694. The summed E-state index contributed by atoms with van der Waals surface area (Å²) in [6.45, 7) is 0.219. The number of nitrogens with two attached hydrogens (primary N) is 1. The Bertz CT molecular complexity index is 188. The lowest BCUT2D eigenvalue weighted by atomic mass is 10.2. The molecule has 1 rings (SSSR count). The molecular formula is C7H10N2O. The molecule has 0 radical (unpaired) electrons. The first-order valence-electron chi connectivity index (χ1n) is 3.13. The topological polar surface area (TPSA) is 59.1 Å². The van der Waals surface area contributed by atoms with Crippen LogP contribution in [-0.2, 0) is 0 Å². The van der Waals surface area contributed by atoms with Crippen LogP contribution in [0.2, 0.25) is 0 Å². The Morgan fingerprint density at radius 1 is 1.60 bits per heavy atom. The maximum absolute atomic E-state index is 9.14. The Kier molecular flexibility index (Phi) is 2.36. The molecule has 0 saturated heterocycles. The minimum absolute atomic E-state index is 0.219. The summed E-state index contributed by atoms with van der Waals surface area (Å²) in [5.74, 6) is 0.